The predicted octanol–water partition coefficient (Wildman–Crippen LogP) is 4.05. The summed E-state index contributed by atoms with van der Waals surface area (Å²) in [6.45, 7) is 1.55. The summed E-state index contributed by atoms with van der Waals surface area (Å²) >= 11 is 1.25. The molecule has 0 spiro atoms. The third-order valence-corrected chi connectivity index (χ3v) is 7.09. The average molecular weight is 427 g/mol. The van der Waals surface area contributed by atoms with Crippen LogP contribution >= 0.6 is 11.3 Å². The van der Waals surface area contributed by atoms with E-state index in [1.54, 1.807) is 24.6 Å². The maximum atomic E-state index is 13.6. The fourth-order valence-corrected chi connectivity index (χ4v) is 4.51. The molecule has 1 aliphatic rings. The van der Waals surface area contributed by atoms with Crippen molar-refractivity contribution in [3.8, 4) is 0 Å². The molecule has 1 aliphatic carbocycles. The number of hydrogen-bond acceptors (Lipinski definition) is 5. The van der Waals surface area contributed by atoms with Crippen molar-refractivity contribution in [1.29, 1.82) is 0 Å². The van der Waals surface area contributed by atoms with E-state index in [0.29, 0.717) is 10.7 Å². The van der Waals surface area contributed by atoms with Crippen LogP contribution in [0, 0.1) is 5.92 Å². The predicted molar refractivity (Wildman–Crippen MR) is 105 cm³/mol. The lowest BCUT2D eigenvalue weighted by Crippen LogP contribution is -2.15. The number of alkyl halides is 2. The van der Waals surface area contributed by atoms with Crippen molar-refractivity contribution >= 4 is 37.8 Å². The minimum absolute atomic E-state index is 0.0114. The molecule has 9 heteroatoms. The van der Waals surface area contributed by atoms with Crippen molar-refractivity contribution in [1.82, 2.24) is 4.98 Å². The first-order valence-corrected chi connectivity index (χ1v) is 11.4. The molecule has 1 heterocycles. The molecule has 0 bridgehead atoms. The number of nitrogens with zero attached hydrogens (tertiary/aromatic N) is 1. The van der Waals surface area contributed by atoms with Crippen LogP contribution in [0.2, 0.25) is 0 Å². The van der Waals surface area contributed by atoms with Gasteiger partial charge in [0.15, 0.2) is 15.0 Å². The molecular weight excluding hydrogens is 406 g/mol. The van der Waals surface area contributed by atoms with Gasteiger partial charge in [-0.05, 0) is 36.5 Å². The van der Waals surface area contributed by atoms with Gasteiger partial charge in [0.05, 0.1) is 10.6 Å². The number of carbonyl (C=O) groups is 1. The van der Waals surface area contributed by atoms with E-state index < -0.39 is 34.0 Å². The van der Waals surface area contributed by atoms with Gasteiger partial charge in [-0.1, -0.05) is 25.1 Å². The molecule has 1 aromatic heterocycles. The van der Waals surface area contributed by atoms with E-state index >= 15 is 0 Å². The molecule has 1 fully saturated rings. The zero-order valence-corrected chi connectivity index (χ0v) is 16.8. The molecule has 0 radical (unpaired) electrons. The van der Waals surface area contributed by atoms with Gasteiger partial charge >= 0.3 is 0 Å². The van der Waals surface area contributed by atoms with Gasteiger partial charge in [-0.25, -0.2) is 22.2 Å². The van der Waals surface area contributed by atoms with Gasteiger partial charge in [0.1, 0.15) is 12.3 Å². The molecule has 1 N–H and O–H groups in total. The average Bonchev–Trinajstić information content (AvgIpc) is 3.29. The number of thiazole rings is 1. The van der Waals surface area contributed by atoms with Gasteiger partial charge in [0, 0.05) is 17.2 Å². The Morgan fingerprint density at radius 3 is 2.43 bits per heavy atom. The van der Waals surface area contributed by atoms with E-state index in [0.717, 1.165) is 0 Å². The SMILES string of the molecule is CCS(=O)(=O)c1ccc(/C(=C\C2C[C@@H](F)[C@@H](F)C2)C(=O)Nc2nccs2)cc1. The summed E-state index contributed by atoms with van der Waals surface area (Å²) in [7, 11) is -3.37. The highest BCUT2D eigenvalue weighted by Crippen LogP contribution is 2.34. The van der Waals surface area contributed by atoms with E-state index in [2.05, 4.69) is 10.3 Å². The van der Waals surface area contributed by atoms with Crippen LogP contribution in [0.3, 0.4) is 0 Å². The van der Waals surface area contributed by atoms with E-state index in [4.69, 9.17) is 0 Å². The van der Waals surface area contributed by atoms with E-state index in [1.165, 1.54) is 35.6 Å². The van der Waals surface area contributed by atoms with Crippen molar-refractivity contribution in [3.05, 3.63) is 47.5 Å². The number of halogens is 2. The Morgan fingerprint density at radius 2 is 1.89 bits per heavy atom. The quantitative estimate of drug-likeness (QED) is 0.707. The molecule has 1 aromatic carbocycles. The summed E-state index contributed by atoms with van der Waals surface area (Å²) in [5.41, 5.74) is 0.712. The number of amides is 1. The summed E-state index contributed by atoms with van der Waals surface area (Å²) in [5, 5.41) is 4.78. The zero-order chi connectivity index (χ0) is 20.3. The smallest absolute Gasteiger partial charge is 0.257 e. The van der Waals surface area contributed by atoms with Crippen molar-refractivity contribution in [2.75, 3.05) is 11.1 Å². The number of carbonyl (C=O) groups excluding carboxylic acids is 1. The summed E-state index contributed by atoms with van der Waals surface area (Å²) in [4.78, 5) is 16.9. The molecule has 1 saturated carbocycles. The first-order valence-electron chi connectivity index (χ1n) is 8.84. The lowest BCUT2D eigenvalue weighted by Gasteiger charge is -2.11. The van der Waals surface area contributed by atoms with E-state index in [1.807, 2.05) is 0 Å². The minimum atomic E-state index is -3.37. The van der Waals surface area contributed by atoms with Crippen LogP contribution in [-0.4, -0.2) is 37.4 Å². The molecule has 0 aliphatic heterocycles. The number of rotatable bonds is 6. The Kier molecular flexibility index (Phi) is 6.24. The lowest BCUT2D eigenvalue weighted by atomic mass is 9.98. The fourth-order valence-electron chi connectivity index (χ4n) is 3.10. The van der Waals surface area contributed by atoms with Gasteiger partial charge in [-0.2, -0.15) is 0 Å². The van der Waals surface area contributed by atoms with Crippen LogP contribution in [0.15, 0.2) is 46.8 Å². The monoisotopic (exact) mass is 426 g/mol. The highest BCUT2D eigenvalue weighted by molar-refractivity contribution is 7.91. The van der Waals surface area contributed by atoms with Gasteiger partial charge in [0.2, 0.25) is 0 Å². The normalized spacial score (nSPS) is 23.0. The molecular formula is C19H20F2N2O3S2. The van der Waals surface area contributed by atoms with Gasteiger partial charge < -0.3 is 0 Å². The third-order valence-electron chi connectivity index (χ3n) is 4.65. The minimum Gasteiger partial charge on any atom is -0.298 e. The summed E-state index contributed by atoms with van der Waals surface area (Å²) in [6.07, 6.45) is 0.0584. The Morgan fingerprint density at radius 1 is 1.25 bits per heavy atom. The van der Waals surface area contributed by atoms with Crippen molar-refractivity contribution in [2.45, 2.75) is 37.0 Å². The number of hydrogen-bond donors (Lipinski definition) is 1. The standard InChI is InChI=1S/C19H20F2N2O3S2/c1-2-28(25,26)14-5-3-13(4-6-14)15(9-12-10-16(20)17(21)11-12)18(24)23-19-22-7-8-27-19/h3-9,12,16-17H,2,10-11H2,1H3,(H,22,23,24)/b15-9+/t12?,16-,17+. The molecule has 0 saturated heterocycles. The van der Waals surface area contributed by atoms with Gasteiger partial charge in [0.25, 0.3) is 5.91 Å². The molecule has 1 amide bonds. The molecule has 3 atom stereocenters. The molecule has 28 heavy (non-hydrogen) atoms. The fraction of sp³-hybridized carbons (Fsp3) is 0.368. The van der Waals surface area contributed by atoms with E-state index in [9.17, 15) is 22.0 Å². The number of benzene rings is 1. The zero-order valence-electron chi connectivity index (χ0n) is 15.1. The van der Waals surface area contributed by atoms with Gasteiger partial charge in [-0.15, -0.1) is 11.3 Å². The highest BCUT2D eigenvalue weighted by atomic mass is 32.2. The molecule has 150 valence electrons. The topological polar surface area (TPSA) is 76.1 Å². The third kappa shape index (κ3) is 4.64. The van der Waals surface area contributed by atoms with Crippen LogP contribution in [0.25, 0.3) is 5.57 Å². The van der Waals surface area contributed by atoms with Gasteiger partial charge in [-0.3, -0.25) is 10.1 Å². The first kappa shape index (κ1) is 20.6. The lowest BCUT2D eigenvalue weighted by molar-refractivity contribution is -0.111. The summed E-state index contributed by atoms with van der Waals surface area (Å²) in [6, 6.07) is 5.93. The van der Waals surface area contributed by atoms with Crippen molar-refractivity contribution in [3.63, 3.8) is 0 Å². The van der Waals surface area contributed by atoms with Crippen LogP contribution in [0.4, 0.5) is 13.9 Å². The highest BCUT2D eigenvalue weighted by Gasteiger charge is 2.34. The number of aromatic nitrogens is 1. The Balaban J connectivity index is 1.92. The van der Waals surface area contributed by atoms with Crippen LogP contribution in [0.1, 0.15) is 25.3 Å². The number of sulfone groups is 1. The van der Waals surface area contributed by atoms with Crippen molar-refractivity contribution in [2.24, 2.45) is 5.92 Å². The second kappa shape index (κ2) is 8.48. The number of anilines is 1. The Hall–Kier alpha value is -2.13. The van der Waals surface area contributed by atoms with Crippen LogP contribution < -0.4 is 5.32 Å². The summed E-state index contributed by atoms with van der Waals surface area (Å²) < 4.78 is 51.1. The second-order valence-electron chi connectivity index (χ2n) is 6.56. The van der Waals surface area contributed by atoms with Crippen LogP contribution in [0.5, 0.6) is 0 Å². The number of allylic oxidation sites excluding steroid dienone is 1. The first-order chi connectivity index (χ1) is 13.3. The van der Waals surface area contributed by atoms with Crippen LogP contribution in [-0.2, 0) is 14.6 Å². The maximum absolute atomic E-state index is 13.6. The number of nitrogens with one attached hydrogen (secondary N) is 1. The Labute approximate surface area is 166 Å². The van der Waals surface area contributed by atoms with E-state index in [-0.39, 0.29) is 29.1 Å². The molecule has 3 rings (SSSR count). The Bertz CT molecular complexity index is 948. The van der Waals surface area contributed by atoms with Crippen molar-refractivity contribution < 1.29 is 22.0 Å². The second-order valence-corrected chi connectivity index (χ2v) is 9.74. The largest absolute Gasteiger partial charge is 0.298 e. The molecule has 5 nitrogen and oxygen atoms in total. The molecule has 1 unspecified atom stereocenters. The maximum Gasteiger partial charge on any atom is 0.257 e. The molecule has 2 aromatic rings. The summed E-state index contributed by atoms with van der Waals surface area (Å²) in [5.74, 6) is -0.905.